The lowest BCUT2D eigenvalue weighted by molar-refractivity contribution is 0.133. The Bertz CT molecular complexity index is 424. The third-order valence-electron chi connectivity index (χ3n) is 2.69. The van der Waals surface area contributed by atoms with Crippen LogP contribution in [0.1, 0.15) is 19.4 Å². The third-order valence-corrected chi connectivity index (χ3v) is 2.69. The van der Waals surface area contributed by atoms with Crippen LogP contribution in [0.2, 0.25) is 0 Å². The first kappa shape index (κ1) is 12.0. The predicted molar refractivity (Wildman–Crippen MR) is 68.5 cm³/mol. The van der Waals surface area contributed by atoms with E-state index in [2.05, 4.69) is 19.9 Å². The molecule has 0 saturated carbocycles. The molecule has 1 aliphatic heterocycles. The second kappa shape index (κ2) is 4.80. The van der Waals surface area contributed by atoms with Crippen LogP contribution in [0.5, 0.6) is 11.5 Å². The number of hydrogen-bond donors (Lipinski definition) is 1. The molecule has 0 atom stereocenters. The lowest BCUT2D eigenvalue weighted by atomic mass is 10.0. The van der Waals surface area contributed by atoms with Gasteiger partial charge in [-0.05, 0) is 19.9 Å². The van der Waals surface area contributed by atoms with E-state index in [4.69, 9.17) is 15.2 Å². The van der Waals surface area contributed by atoms with Crippen LogP contribution >= 0.6 is 0 Å². The van der Waals surface area contributed by atoms with Crippen molar-refractivity contribution in [1.82, 2.24) is 0 Å². The summed E-state index contributed by atoms with van der Waals surface area (Å²) in [4.78, 5) is 0. The van der Waals surface area contributed by atoms with Gasteiger partial charge >= 0.3 is 0 Å². The van der Waals surface area contributed by atoms with Crippen LogP contribution in [0.15, 0.2) is 30.4 Å². The fraction of sp³-hybridized carbons (Fsp3) is 0.429. The Morgan fingerprint density at radius 2 is 2.24 bits per heavy atom. The Labute approximate surface area is 102 Å². The second-order valence-electron chi connectivity index (χ2n) is 4.80. The van der Waals surface area contributed by atoms with Crippen LogP contribution in [0.3, 0.4) is 0 Å². The number of nitrogens with two attached hydrogens (primary N) is 1. The molecule has 0 bridgehead atoms. The summed E-state index contributed by atoms with van der Waals surface area (Å²) in [6.45, 7) is 5.24. The topological polar surface area (TPSA) is 44.5 Å². The van der Waals surface area contributed by atoms with Gasteiger partial charge < -0.3 is 15.2 Å². The van der Waals surface area contributed by atoms with Crippen LogP contribution in [0.25, 0.3) is 0 Å². The van der Waals surface area contributed by atoms with Crippen molar-refractivity contribution in [3.05, 3.63) is 35.9 Å². The number of ether oxygens (including phenoxy) is 2. The van der Waals surface area contributed by atoms with E-state index in [1.165, 1.54) is 5.56 Å². The van der Waals surface area contributed by atoms with Gasteiger partial charge in [0.05, 0.1) is 0 Å². The molecule has 2 N–H and O–H groups in total. The first-order valence-corrected chi connectivity index (χ1v) is 5.91. The van der Waals surface area contributed by atoms with E-state index >= 15 is 0 Å². The molecular formula is C14H19NO2. The molecule has 0 spiro atoms. The van der Waals surface area contributed by atoms with E-state index in [0.717, 1.165) is 17.9 Å². The van der Waals surface area contributed by atoms with Crippen molar-refractivity contribution < 1.29 is 9.47 Å². The van der Waals surface area contributed by atoms with E-state index in [-0.39, 0.29) is 5.60 Å². The Kier molecular flexibility index (Phi) is 3.38. The van der Waals surface area contributed by atoms with Crippen LogP contribution in [-0.2, 0) is 6.42 Å². The van der Waals surface area contributed by atoms with Crippen molar-refractivity contribution in [2.24, 2.45) is 5.73 Å². The first-order valence-electron chi connectivity index (χ1n) is 5.91. The van der Waals surface area contributed by atoms with Gasteiger partial charge in [-0.2, -0.15) is 0 Å². The van der Waals surface area contributed by atoms with Crippen molar-refractivity contribution in [2.75, 3.05) is 13.2 Å². The zero-order valence-corrected chi connectivity index (χ0v) is 10.4. The summed E-state index contributed by atoms with van der Waals surface area (Å²) >= 11 is 0. The standard InChI is InChI=1S/C14H19NO2/c1-14(2)10-11-6-5-7-12(13(11)17-14)16-9-4-3-8-15/h3-7H,8-10,15H2,1-2H3. The van der Waals surface area contributed by atoms with Crippen molar-refractivity contribution in [1.29, 1.82) is 0 Å². The average Bonchev–Trinajstić information content (AvgIpc) is 2.59. The van der Waals surface area contributed by atoms with Gasteiger partial charge in [0.15, 0.2) is 11.5 Å². The molecule has 0 aromatic heterocycles. The fourth-order valence-electron chi connectivity index (χ4n) is 2.00. The number of fused-ring (bicyclic) bond motifs is 1. The van der Waals surface area contributed by atoms with Gasteiger partial charge in [0.25, 0.3) is 0 Å². The highest BCUT2D eigenvalue weighted by molar-refractivity contribution is 5.50. The minimum absolute atomic E-state index is 0.130. The van der Waals surface area contributed by atoms with Crippen LogP contribution in [0, 0.1) is 0 Å². The van der Waals surface area contributed by atoms with E-state index < -0.39 is 0 Å². The zero-order chi connectivity index (χ0) is 12.3. The van der Waals surface area contributed by atoms with Crippen molar-refractivity contribution in [3.8, 4) is 11.5 Å². The molecule has 1 aromatic rings. The summed E-state index contributed by atoms with van der Waals surface area (Å²) in [6.07, 6.45) is 4.73. The maximum atomic E-state index is 5.91. The Balaban J connectivity index is 2.10. The van der Waals surface area contributed by atoms with Gasteiger partial charge in [-0.15, -0.1) is 0 Å². The number of rotatable bonds is 4. The molecule has 1 aliphatic rings. The van der Waals surface area contributed by atoms with Gasteiger partial charge in [-0.3, -0.25) is 0 Å². The molecule has 17 heavy (non-hydrogen) atoms. The van der Waals surface area contributed by atoms with Gasteiger partial charge in [-0.25, -0.2) is 0 Å². The van der Waals surface area contributed by atoms with Gasteiger partial charge in [0.2, 0.25) is 0 Å². The number of hydrogen-bond acceptors (Lipinski definition) is 3. The Morgan fingerprint density at radius 1 is 1.41 bits per heavy atom. The highest BCUT2D eigenvalue weighted by Crippen LogP contribution is 2.41. The normalized spacial score (nSPS) is 16.9. The summed E-state index contributed by atoms with van der Waals surface area (Å²) < 4.78 is 11.6. The SMILES string of the molecule is CC1(C)Cc2cccc(OCC=CCN)c2O1. The molecule has 0 unspecified atom stereocenters. The largest absolute Gasteiger partial charge is 0.486 e. The Hall–Kier alpha value is -1.48. The highest BCUT2D eigenvalue weighted by atomic mass is 16.5. The Morgan fingerprint density at radius 3 is 3.00 bits per heavy atom. The molecule has 0 amide bonds. The lowest BCUT2D eigenvalue weighted by Gasteiger charge is -2.18. The summed E-state index contributed by atoms with van der Waals surface area (Å²) in [5.74, 6) is 1.70. The molecule has 0 aliphatic carbocycles. The monoisotopic (exact) mass is 233 g/mol. The summed E-state index contributed by atoms with van der Waals surface area (Å²) in [5, 5.41) is 0. The molecule has 2 rings (SSSR count). The summed E-state index contributed by atoms with van der Waals surface area (Å²) in [6, 6.07) is 6.04. The van der Waals surface area contributed by atoms with Gasteiger partial charge in [-0.1, -0.05) is 24.3 Å². The van der Waals surface area contributed by atoms with E-state index in [0.29, 0.717) is 13.2 Å². The number of benzene rings is 1. The molecule has 1 heterocycles. The molecule has 1 aromatic carbocycles. The van der Waals surface area contributed by atoms with E-state index in [1.807, 2.05) is 24.3 Å². The first-order chi connectivity index (χ1) is 8.12. The smallest absolute Gasteiger partial charge is 0.165 e. The van der Waals surface area contributed by atoms with Crippen molar-refractivity contribution in [3.63, 3.8) is 0 Å². The summed E-state index contributed by atoms with van der Waals surface area (Å²) in [5.41, 5.74) is 6.45. The molecule has 92 valence electrons. The maximum absolute atomic E-state index is 5.91. The molecule has 0 radical (unpaired) electrons. The van der Waals surface area contributed by atoms with Gasteiger partial charge in [0, 0.05) is 18.5 Å². The quantitative estimate of drug-likeness (QED) is 0.811. The van der Waals surface area contributed by atoms with Crippen LogP contribution in [-0.4, -0.2) is 18.8 Å². The van der Waals surface area contributed by atoms with Crippen LogP contribution in [0.4, 0.5) is 0 Å². The minimum Gasteiger partial charge on any atom is -0.486 e. The third kappa shape index (κ3) is 2.80. The van der Waals surface area contributed by atoms with Crippen molar-refractivity contribution >= 4 is 0 Å². The van der Waals surface area contributed by atoms with E-state index in [1.54, 1.807) is 0 Å². The van der Waals surface area contributed by atoms with Crippen molar-refractivity contribution in [2.45, 2.75) is 25.9 Å². The summed E-state index contributed by atoms with van der Waals surface area (Å²) in [7, 11) is 0. The second-order valence-corrected chi connectivity index (χ2v) is 4.80. The predicted octanol–water partition coefficient (Wildman–Crippen LogP) is 2.29. The molecule has 3 nitrogen and oxygen atoms in total. The van der Waals surface area contributed by atoms with Gasteiger partial charge in [0.1, 0.15) is 12.2 Å². The average molecular weight is 233 g/mol. The maximum Gasteiger partial charge on any atom is 0.165 e. The molecule has 0 fully saturated rings. The molecule has 3 heteroatoms. The molecular weight excluding hydrogens is 214 g/mol. The fourth-order valence-corrected chi connectivity index (χ4v) is 2.00. The highest BCUT2D eigenvalue weighted by Gasteiger charge is 2.32. The number of para-hydroxylation sites is 1. The minimum atomic E-state index is -0.130. The lowest BCUT2D eigenvalue weighted by Crippen LogP contribution is -2.24. The molecule has 0 saturated heterocycles. The zero-order valence-electron chi connectivity index (χ0n) is 10.4. The van der Waals surface area contributed by atoms with Crippen LogP contribution < -0.4 is 15.2 Å². The van der Waals surface area contributed by atoms with E-state index in [9.17, 15) is 0 Å².